The van der Waals surface area contributed by atoms with Crippen LogP contribution in [0.15, 0.2) is 18.2 Å². The average Bonchev–Trinajstić information content (AvgIpc) is 2.44. The number of aryl methyl sites for hydroxylation is 2. The molecule has 0 aliphatic carbocycles. The van der Waals surface area contributed by atoms with Gasteiger partial charge in [-0.2, -0.15) is 0 Å². The fourth-order valence-corrected chi connectivity index (χ4v) is 1.92. The summed E-state index contributed by atoms with van der Waals surface area (Å²) in [4.78, 5) is 22.4. The SMILES string of the molecule is CCC(CNC(=O)COc1cc(C)ccc1C)CC(=O)O. The van der Waals surface area contributed by atoms with Crippen LogP contribution in [-0.4, -0.2) is 30.1 Å². The Hall–Kier alpha value is -2.04. The van der Waals surface area contributed by atoms with Crippen molar-refractivity contribution in [1.29, 1.82) is 0 Å². The summed E-state index contributed by atoms with van der Waals surface area (Å²) in [6.07, 6.45) is 0.777. The number of carboxylic acids is 1. The molecule has 0 heterocycles. The van der Waals surface area contributed by atoms with E-state index < -0.39 is 5.97 Å². The van der Waals surface area contributed by atoms with Gasteiger partial charge in [0.2, 0.25) is 0 Å². The molecule has 0 aliphatic heterocycles. The van der Waals surface area contributed by atoms with Gasteiger partial charge in [-0.15, -0.1) is 0 Å². The van der Waals surface area contributed by atoms with Gasteiger partial charge in [-0.25, -0.2) is 0 Å². The Morgan fingerprint density at radius 3 is 2.67 bits per heavy atom. The molecule has 0 aromatic heterocycles. The normalized spacial score (nSPS) is 11.8. The number of rotatable bonds is 8. The fourth-order valence-electron chi connectivity index (χ4n) is 1.92. The standard InChI is InChI=1S/C16H23NO4/c1-4-13(8-16(19)20)9-17-15(18)10-21-14-7-11(2)5-6-12(14)3/h5-7,13H,4,8-10H2,1-3H3,(H,17,18)(H,19,20). The van der Waals surface area contributed by atoms with Gasteiger partial charge in [0, 0.05) is 13.0 Å². The number of carbonyl (C=O) groups is 2. The minimum absolute atomic E-state index is 0.0489. The van der Waals surface area contributed by atoms with Crippen LogP contribution in [0.1, 0.15) is 30.9 Å². The lowest BCUT2D eigenvalue weighted by molar-refractivity contribution is -0.138. The van der Waals surface area contributed by atoms with Crippen LogP contribution in [0, 0.1) is 19.8 Å². The van der Waals surface area contributed by atoms with Crippen LogP contribution in [0.4, 0.5) is 0 Å². The Morgan fingerprint density at radius 2 is 2.05 bits per heavy atom. The maximum absolute atomic E-state index is 11.7. The third-order valence-electron chi connectivity index (χ3n) is 3.33. The first-order valence-corrected chi connectivity index (χ1v) is 7.11. The summed E-state index contributed by atoms with van der Waals surface area (Å²) in [6, 6.07) is 5.82. The summed E-state index contributed by atoms with van der Waals surface area (Å²) in [5.74, 6) is -0.433. The first-order chi connectivity index (χ1) is 9.92. The lowest BCUT2D eigenvalue weighted by Gasteiger charge is -2.14. The van der Waals surface area contributed by atoms with Crippen molar-refractivity contribution in [3.05, 3.63) is 29.3 Å². The van der Waals surface area contributed by atoms with Crippen molar-refractivity contribution < 1.29 is 19.4 Å². The molecule has 116 valence electrons. The highest BCUT2D eigenvalue weighted by atomic mass is 16.5. The van der Waals surface area contributed by atoms with E-state index in [1.807, 2.05) is 39.0 Å². The second-order valence-corrected chi connectivity index (χ2v) is 5.23. The zero-order valence-electron chi connectivity index (χ0n) is 12.8. The van der Waals surface area contributed by atoms with Gasteiger partial charge in [0.25, 0.3) is 5.91 Å². The van der Waals surface area contributed by atoms with Gasteiger partial charge in [0.1, 0.15) is 5.75 Å². The van der Waals surface area contributed by atoms with Crippen LogP contribution in [0.5, 0.6) is 5.75 Å². The number of carboxylic acid groups (broad SMARTS) is 1. The van der Waals surface area contributed by atoms with E-state index in [1.165, 1.54) is 0 Å². The lowest BCUT2D eigenvalue weighted by atomic mass is 10.0. The van der Waals surface area contributed by atoms with E-state index in [-0.39, 0.29) is 24.9 Å². The van der Waals surface area contributed by atoms with Gasteiger partial charge in [-0.3, -0.25) is 9.59 Å². The summed E-state index contributed by atoms with van der Waals surface area (Å²) in [6.45, 7) is 6.09. The van der Waals surface area contributed by atoms with Crippen LogP contribution in [0.2, 0.25) is 0 Å². The zero-order chi connectivity index (χ0) is 15.8. The maximum atomic E-state index is 11.7. The molecule has 0 aliphatic rings. The number of aliphatic carboxylic acids is 1. The molecule has 1 atom stereocenters. The second kappa shape index (κ2) is 8.29. The van der Waals surface area contributed by atoms with Crippen LogP contribution in [0.25, 0.3) is 0 Å². The van der Waals surface area contributed by atoms with Crippen molar-refractivity contribution in [2.45, 2.75) is 33.6 Å². The van der Waals surface area contributed by atoms with Crippen LogP contribution in [0.3, 0.4) is 0 Å². The van der Waals surface area contributed by atoms with Gasteiger partial charge in [0.15, 0.2) is 6.61 Å². The Morgan fingerprint density at radius 1 is 1.33 bits per heavy atom. The van der Waals surface area contributed by atoms with E-state index in [1.54, 1.807) is 0 Å². The van der Waals surface area contributed by atoms with Crippen LogP contribution >= 0.6 is 0 Å². The molecular weight excluding hydrogens is 270 g/mol. The van der Waals surface area contributed by atoms with E-state index >= 15 is 0 Å². The molecule has 1 aromatic carbocycles. The minimum Gasteiger partial charge on any atom is -0.483 e. The first-order valence-electron chi connectivity index (χ1n) is 7.11. The zero-order valence-corrected chi connectivity index (χ0v) is 12.8. The summed E-state index contributed by atoms with van der Waals surface area (Å²) in [5, 5.41) is 11.5. The molecule has 1 rings (SSSR count). The summed E-state index contributed by atoms with van der Waals surface area (Å²) in [5.41, 5.74) is 2.05. The molecular formula is C16H23NO4. The number of hydrogen-bond donors (Lipinski definition) is 2. The van der Waals surface area contributed by atoms with Gasteiger partial charge in [0.05, 0.1) is 0 Å². The molecule has 2 N–H and O–H groups in total. The predicted molar refractivity (Wildman–Crippen MR) is 80.5 cm³/mol. The van der Waals surface area contributed by atoms with Gasteiger partial charge in [-0.1, -0.05) is 25.5 Å². The van der Waals surface area contributed by atoms with E-state index in [9.17, 15) is 9.59 Å². The van der Waals surface area contributed by atoms with Gasteiger partial charge in [-0.05, 0) is 37.0 Å². The Balaban J connectivity index is 2.40. The number of ether oxygens (including phenoxy) is 1. The molecule has 0 saturated carbocycles. The van der Waals surface area contributed by atoms with Crippen molar-refractivity contribution in [3.63, 3.8) is 0 Å². The highest BCUT2D eigenvalue weighted by Gasteiger charge is 2.13. The second-order valence-electron chi connectivity index (χ2n) is 5.23. The number of carbonyl (C=O) groups excluding carboxylic acids is 1. The molecule has 0 spiro atoms. The highest BCUT2D eigenvalue weighted by molar-refractivity contribution is 5.77. The molecule has 1 amide bonds. The van der Waals surface area contributed by atoms with Gasteiger partial charge >= 0.3 is 5.97 Å². The molecule has 5 heteroatoms. The molecule has 0 bridgehead atoms. The van der Waals surface area contributed by atoms with Gasteiger partial charge < -0.3 is 15.2 Å². The Kier molecular flexibility index (Phi) is 6.72. The van der Waals surface area contributed by atoms with Crippen LogP contribution in [-0.2, 0) is 9.59 Å². The molecule has 1 aromatic rings. The number of hydrogen-bond acceptors (Lipinski definition) is 3. The lowest BCUT2D eigenvalue weighted by Crippen LogP contribution is -2.33. The smallest absolute Gasteiger partial charge is 0.303 e. The van der Waals surface area contributed by atoms with Crippen molar-refractivity contribution in [3.8, 4) is 5.75 Å². The van der Waals surface area contributed by atoms with E-state index in [4.69, 9.17) is 9.84 Å². The Bertz CT molecular complexity index is 499. The summed E-state index contributed by atoms with van der Waals surface area (Å²) < 4.78 is 5.50. The summed E-state index contributed by atoms with van der Waals surface area (Å²) >= 11 is 0. The fraction of sp³-hybridized carbons (Fsp3) is 0.500. The predicted octanol–water partition coefficient (Wildman–Crippen LogP) is 2.30. The molecule has 5 nitrogen and oxygen atoms in total. The molecule has 1 unspecified atom stereocenters. The molecule has 0 fully saturated rings. The monoisotopic (exact) mass is 293 g/mol. The van der Waals surface area contributed by atoms with E-state index in [2.05, 4.69) is 5.32 Å². The quantitative estimate of drug-likeness (QED) is 0.771. The van der Waals surface area contributed by atoms with Crippen molar-refractivity contribution in [1.82, 2.24) is 5.32 Å². The third kappa shape index (κ3) is 6.29. The van der Waals surface area contributed by atoms with E-state index in [0.29, 0.717) is 18.7 Å². The number of benzene rings is 1. The van der Waals surface area contributed by atoms with Crippen molar-refractivity contribution in [2.75, 3.05) is 13.2 Å². The highest BCUT2D eigenvalue weighted by Crippen LogP contribution is 2.18. The third-order valence-corrected chi connectivity index (χ3v) is 3.33. The summed E-state index contributed by atoms with van der Waals surface area (Å²) in [7, 11) is 0. The van der Waals surface area contributed by atoms with Crippen molar-refractivity contribution >= 4 is 11.9 Å². The molecule has 0 radical (unpaired) electrons. The molecule has 0 saturated heterocycles. The first kappa shape index (κ1) is 17.0. The van der Waals surface area contributed by atoms with Crippen LogP contribution < -0.4 is 10.1 Å². The molecule has 21 heavy (non-hydrogen) atoms. The largest absolute Gasteiger partial charge is 0.483 e. The maximum Gasteiger partial charge on any atom is 0.303 e. The number of amides is 1. The van der Waals surface area contributed by atoms with E-state index in [0.717, 1.165) is 11.1 Å². The Labute approximate surface area is 125 Å². The topological polar surface area (TPSA) is 75.6 Å². The average molecular weight is 293 g/mol. The van der Waals surface area contributed by atoms with Crippen molar-refractivity contribution in [2.24, 2.45) is 5.92 Å². The number of nitrogens with one attached hydrogen (secondary N) is 1. The minimum atomic E-state index is -0.845.